The molecule has 0 bridgehead atoms. The fourth-order valence-electron chi connectivity index (χ4n) is 1.94. The fraction of sp³-hybridized carbons (Fsp3) is 0.667. The zero-order valence-electron chi connectivity index (χ0n) is 12.0. The molecule has 0 saturated carbocycles. The summed E-state index contributed by atoms with van der Waals surface area (Å²) in [6.45, 7) is 4.36. The van der Waals surface area contributed by atoms with Gasteiger partial charge in [-0.25, -0.2) is 9.48 Å². The molecule has 0 saturated heterocycles. The highest BCUT2D eigenvalue weighted by Gasteiger charge is 2.16. The van der Waals surface area contributed by atoms with Gasteiger partial charge in [0.25, 0.3) is 0 Å². The number of aryl methyl sites for hydroxylation is 1. The number of carbonyl (C=O) groups excluding carboxylic acids is 1. The summed E-state index contributed by atoms with van der Waals surface area (Å²) in [5.74, 6) is -0.229. The molecule has 112 valence electrons. The minimum atomic E-state index is -0.855. The number of carbonyl (C=O) groups is 2. The zero-order valence-corrected chi connectivity index (χ0v) is 12.0. The van der Waals surface area contributed by atoms with Crippen molar-refractivity contribution in [1.29, 1.82) is 0 Å². The van der Waals surface area contributed by atoms with Crippen molar-refractivity contribution in [2.45, 2.75) is 26.7 Å². The molecule has 2 amide bonds. The predicted octanol–water partition coefficient (Wildman–Crippen LogP) is 1.07. The van der Waals surface area contributed by atoms with Crippen molar-refractivity contribution < 1.29 is 14.7 Å². The highest BCUT2D eigenvalue weighted by Crippen LogP contribution is 2.14. The predicted molar refractivity (Wildman–Crippen MR) is 73.2 cm³/mol. The average Bonchev–Trinajstić information content (AvgIpc) is 2.70. The van der Waals surface area contributed by atoms with Gasteiger partial charge in [0, 0.05) is 20.0 Å². The van der Waals surface area contributed by atoms with Crippen molar-refractivity contribution in [2.24, 2.45) is 18.9 Å². The van der Waals surface area contributed by atoms with Gasteiger partial charge in [0.05, 0.1) is 0 Å². The number of aromatic nitrogens is 3. The van der Waals surface area contributed by atoms with Crippen molar-refractivity contribution in [3.8, 4) is 0 Å². The van der Waals surface area contributed by atoms with Crippen LogP contribution in [0, 0.1) is 11.8 Å². The quantitative estimate of drug-likeness (QED) is 0.693. The normalized spacial score (nSPS) is 12.2. The molecule has 1 unspecified atom stereocenters. The number of hydrogen-bond acceptors (Lipinski definition) is 4. The summed E-state index contributed by atoms with van der Waals surface area (Å²) in [5.41, 5.74) is 0. The molecule has 0 radical (unpaired) electrons. The second-order valence-electron chi connectivity index (χ2n) is 5.14. The van der Waals surface area contributed by atoms with E-state index in [1.54, 1.807) is 7.05 Å². The molecule has 0 aliphatic rings. The van der Waals surface area contributed by atoms with Crippen molar-refractivity contribution in [2.75, 3.05) is 11.9 Å². The van der Waals surface area contributed by atoms with Crippen LogP contribution in [0.2, 0.25) is 0 Å². The summed E-state index contributed by atoms with van der Waals surface area (Å²) < 4.78 is 1.43. The van der Waals surface area contributed by atoms with Gasteiger partial charge >= 0.3 is 12.0 Å². The van der Waals surface area contributed by atoms with Gasteiger partial charge in [-0.1, -0.05) is 13.8 Å². The second-order valence-corrected chi connectivity index (χ2v) is 5.14. The molecule has 1 heterocycles. The Morgan fingerprint density at radius 2 is 2.15 bits per heavy atom. The fourth-order valence-corrected chi connectivity index (χ4v) is 1.94. The third kappa shape index (κ3) is 5.68. The van der Waals surface area contributed by atoms with E-state index in [1.165, 1.54) is 11.0 Å². The molecule has 1 aromatic rings. The Balaban J connectivity index is 2.43. The first-order chi connectivity index (χ1) is 9.38. The number of anilines is 1. The van der Waals surface area contributed by atoms with E-state index in [9.17, 15) is 9.59 Å². The van der Waals surface area contributed by atoms with E-state index >= 15 is 0 Å². The Kier molecular flexibility index (Phi) is 5.95. The summed E-state index contributed by atoms with van der Waals surface area (Å²) in [6.07, 6.45) is 2.13. The molecule has 0 fully saturated rings. The molecular weight excluding hydrogens is 262 g/mol. The van der Waals surface area contributed by atoms with Crippen LogP contribution in [0.15, 0.2) is 6.33 Å². The smallest absolute Gasteiger partial charge is 0.321 e. The maximum atomic E-state index is 11.7. The summed E-state index contributed by atoms with van der Waals surface area (Å²) >= 11 is 0. The first-order valence-corrected chi connectivity index (χ1v) is 6.49. The van der Waals surface area contributed by atoms with E-state index in [2.05, 4.69) is 20.7 Å². The van der Waals surface area contributed by atoms with Gasteiger partial charge in [-0.2, -0.15) is 10.1 Å². The van der Waals surface area contributed by atoms with Crippen molar-refractivity contribution in [3.63, 3.8) is 0 Å². The Bertz CT molecular complexity index is 458. The minimum Gasteiger partial charge on any atom is -0.481 e. The van der Waals surface area contributed by atoms with Crippen LogP contribution in [0.25, 0.3) is 0 Å². The lowest BCUT2D eigenvalue weighted by molar-refractivity contribution is -0.138. The third-order valence-electron chi connectivity index (χ3n) is 2.76. The van der Waals surface area contributed by atoms with E-state index in [4.69, 9.17) is 5.11 Å². The molecule has 1 aromatic heterocycles. The molecule has 1 atom stereocenters. The molecule has 0 aliphatic carbocycles. The lowest BCUT2D eigenvalue weighted by Gasteiger charge is -2.17. The summed E-state index contributed by atoms with van der Waals surface area (Å²) in [6, 6.07) is -0.416. The number of nitrogens with zero attached hydrogens (tertiary/aromatic N) is 3. The Morgan fingerprint density at radius 3 is 2.65 bits per heavy atom. The summed E-state index contributed by atoms with van der Waals surface area (Å²) in [4.78, 5) is 26.3. The van der Waals surface area contributed by atoms with Crippen LogP contribution in [-0.2, 0) is 11.8 Å². The third-order valence-corrected chi connectivity index (χ3v) is 2.76. The van der Waals surface area contributed by atoms with Crippen molar-refractivity contribution in [1.82, 2.24) is 20.1 Å². The molecule has 1 rings (SSSR count). The first-order valence-electron chi connectivity index (χ1n) is 6.49. The van der Waals surface area contributed by atoms with E-state index < -0.39 is 12.0 Å². The van der Waals surface area contributed by atoms with Crippen LogP contribution >= 0.6 is 0 Å². The number of amides is 2. The number of rotatable bonds is 7. The number of urea groups is 1. The zero-order chi connectivity index (χ0) is 15.1. The van der Waals surface area contributed by atoms with E-state index in [0.717, 1.165) is 6.42 Å². The molecule has 3 N–H and O–H groups in total. The number of aliphatic carboxylic acids is 1. The highest BCUT2D eigenvalue weighted by atomic mass is 16.4. The molecular formula is C12H21N5O3. The maximum Gasteiger partial charge on any atom is 0.321 e. The van der Waals surface area contributed by atoms with Crippen LogP contribution in [-0.4, -0.2) is 38.4 Å². The van der Waals surface area contributed by atoms with Gasteiger partial charge in [-0.3, -0.25) is 10.1 Å². The highest BCUT2D eigenvalue weighted by molar-refractivity contribution is 5.87. The average molecular weight is 283 g/mol. The lowest BCUT2D eigenvalue weighted by atomic mass is 9.94. The van der Waals surface area contributed by atoms with E-state index in [0.29, 0.717) is 18.4 Å². The van der Waals surface area contributed by atoms with E-state index in [1.807, 2.05) is 13.8 Å². The van der Waals surface area contributed by atoms with Gasteiger partial charge in [0.15, 0.2) is 0 Å². The number of nitrogens with one attached hydrogen (secondary N) is 2. The van der Waals surface area contributed by atoms with Crippen LogP contribution in [0.5, 0.6) is 0 Å². The van der Waals surface area contributed by atoms with Gasteiger partial charge in [-0.15, -0.1) is 0 Å². The molecule has 20 heavy (non-hydrogen) atoms. The van der Waals surface area contributed by atoms with Crippen LogP contribution in [0.3, 0.4) is 0 Å². The van der Waals surface area contributed by atoms with Crippen molar-refractivity contribution >= 4 is 17.9 Å². The molecule has 0 aliphatic heterocycles. The number of carboxylic acid groups (broad SMARTS) is 1. The lowest BCUT2D eigenvalue weighted by Crippen LogP contribution is -2.35. The monoisotopic (exact) mass is 283 g/mol. The van der Waals surface area contributed by atoms with Crippen LogP contribution in [0.4, 0.5) is 10.7 Å². The molecule has 8 heteroatoms. The number of carboxylic acids is 1. The minimum absolute atomic E-state index is 0.0441. The van der Waals surface area contributed by atoms with Gasteiger partial charge in [0.1, 0.15) is 6.33 Å². The van der Waals surface area contributed by atoms with Crippen LogP contribution < -0.4 is 10.6 Å². The standard InChI is InChI=1S/C12H21N5O3/c1-8(2)4-9(5-10(18)19)6-13-12(20)16-11-14-7-15-17(11)3/h7-9H,4-6H2,1-3H3,(H,18,19)(H2,13,14,15,16,20). The van der Waals surface area contributed by atoms with Crippen LogP contribution in [0.1, 0.15) is 26.7 Å². The molecule has 0 aromatic carbocycles. The largest absolute Gasteiger partial charge is 0.481 e. The van der Waals surface area contributed by atoms with Gasteiger partial charge in [-0.05, 0) is 18.3 Å². The Hall–Kier alpha value is -2.12. The molecule has 8 nitrogen and oxygen atoms in total. The Morgan fingerprint density at radius 1 is 1.45 bits per heavy atom. The van der Waals surface area contributed by atoms with Gasteiger partial charge < -0.3 is 10.4 Å². The van der Waals surface area contributed by atoms with E-state index in [-0.39, 0.29) is 12.3 Å². The second kappa shape index (κ2) is 7.46. The van der Waals surface area contributed by atoms with Crippen molar-refractivity contribution in [3.05, 3.63) is 6.33 Å². The Labute approximate surface area is 117 Å². The SMILES string of the molecule is CC(C)CC(CNC(=O)Nc1ncnn1C)CC(=O)O. The maximum absolute atomic E-state index is 11.7. The first kappa shape index (κ1) is 15.9. The molecule has 0 spiro atoms. The number of hydrogen-bond donors (Lipinski definition) is 3. The summed E-state index contributed by atoms with van der Waals surface area (Å²) in [7, 11) is 1.66. The topological polar surface area (TPSA) is 109 Å². The summed E-state index contributed by atoms with van der Waals surface area (Å²) in [5, 5.41) is 17.9. The van der Waals surface area contributed by atoms with Gasteiger partial charge in [0.2, 0.25) is 5.95 Å².